The average Bonchev–Trinajstić information content (AvgIpc) is 2.61. The van der Waals surface area contributed by atoms with Crippen molar-refractivity contribution in [1.29, 1.82) is 0 Å². The largest absolute Gasteiger partial charge is 0.494 e. The molecule has 0 heterocycles. The lowest BCUT2D eigenvalue weighted by Crippen LogP contribution is -2.38. The molecule has 0 bridgehead atoms. The van der Waals surface area contributed by atoms with Crippen molar-refractivity contribution in [3.05, 3.63) is 29.3 Å². The lowest BCUT2D eigenvalue weighted by Gasteiger charge is -2.17. The van der Waals surface area contributed by atoms with Crippen LogP contribution in [0.25, 0.3) is 0 Å². The molecule has 1 rings (SSSR count). The summed E-state index contributed by atoms with van der Waals surface area (Å²) < 4.78 is 10.8. The van der Waals surface area contributed by atoms with Crippen molar-refractivity contribution < 1.29 is 9.47 Å². The fourth-order valence-electron chi connectivity index (χ4n) is 2.41. The Hall–Kier alpha value is -1.79. The fourth-order valence-corrected chi connectivity index (χ4v) is 2.41. The highest BCUT2D eigenvalue weighted by Gasteiger charge is 2.05. The van der Waals surface area contributed by atoms with Gasteiger partial charge in [-0.25, -0.2) is 0 Å². The number of ether oxygens (including phenoxy) is 2. The molecule has 0 saturated carbocycles. The number of nitrogens with zero attached hydrogens (tertiary/aromatic N) is 2. The van der Waals surface area contributed by atoms with Gasteiger partial charge in [0.25, 0.3) is 0 Å². The van der Waals surface area contributed by atoms with Crippen LogP contribution >= 0.6 is 0 Å². The van der Waals surface area contributed by atoms with Gasteiger partial charge >= 0.3 is 0 Å². The first kappa shape index (κ1) is 21.3. The lowest BCUT2D eigenvalue weighted by atomic mass is 10.1. The molecule has 0 amide bonds. The topological polar surface area (TPSA) is 58.1 Å². The van der Waals surface area contributed by atoms with E-state index in [1.54, 1.807) is 14.2 Å². The van der Waals surface area contributed by atoms with Crippen LogP contribution in [0.2, 0.25) is 0 Å². The number of hydrogen-bond acceptors (Lipinski definition) is 4. The minimum absolute atomic E-state index is 0.667. The van der Waals surface area contributed by atoms with Gasteiger partial charge < -0.3 is 25.0 Å². The van der Waals surface area contributed by atoms with Crippen molar-refractivity contribution in [2.45, 2.75) is 26.8 Å². The summed E-state index contributed by atoms with van der Waals surface area (Å²) in [5.41, 5.74) is 2.34. The van der Waals surface area contributed by atoms with Crippen LogP contribution in [0, 0.1) is 6.92 Å². The maximum absolute atomic E-state index is 5.72. The van der Waals surface area contributed by atoms with Gasteiger partial charge in [0, 0.05) is 39.4 Å². The normalized spacial score (nSPS) is 11.7. The summed E-state index contributed by atoms with van der Waals surface area (Å²) in [6.45, 7) is 9.06. The van der Waals surface area contributed by atoms with E-state index in [4.69, 9.17) is 9.47 Å². The van der Waals surface area contributed by atoms with Crippen LogP contribution in [0.15, 0.2) is 23.2 Å². The Labute approximate surface area is 152 Å². The number of guanidine groups is 1. The molecule has 6 nitrogen and oxygen atoms in total. The van der Waals surface area contributed by atoms with Crippen molar-refractivity contribution in [2.75, 3.05) is 54.1 Å². The van der Waals surface area contributed by atoms with Crippen LogP contribution in [0.3, 0.4) is 0 Å². The number of methoxy groups -OCH3 is 1. The highest BCUT2D eigenvalue weighted by atomic mass is 16.5. The number of likely N-dealkylation sites (N-methyl/N-ethyl adjacent to an activating group) is 1. The first-order valence-electron chi connectivity index (χ1n) is 8.95. The van der Waals surface area contributed by atoms with Crippen LogP contribution in [0.1, 0.15) is 24.5 Å². The Bertz CT molecular complexity index is 520. The van der Waals surface area contributed by atoms with Gasteiger partial charge in [0.05, 0.1) is 13.2 Å². The average molecular weight is 351 g/mol. The number of benzene rings is 1. The van der Waals surface area contributed by atoms with Gasteiger partial charge in [0.1, 0.15) is 5.75 Å². The van der Waals surface area contributed by atoms with Gasteiger partial charge in [-0.15, -0.1) is 0 Å². The van der Waals surface area contributed by atoms with Gasteiger partial charge in [-0.2, -0.15) is 0 Å². The second-order valence-electron chi connectivity index (χ2n) is 6.05. The highest BCUT2D eigenvalue weighted by molar-refractivity contribution is 5.79. The van der Waals surface area contributed by atoms with Crippen molar-refractivity contribution in [3.8, 4) is 5.75 Å². The first-order valence-corrected chi connectivity index (χ1v) is 8.95. The molecule has 142 valence electrons. The van der Waals surface area contributed by atoms with Gasteiger partial charge in [-0.1, -0.05) is 12.1 Å². The molecule has 0 radical (unpaired) electrons. The molecule has 6 heteroatoms. The molecule has 25 heavy (non-hydrogen) atoms. The zero-order chi connectivity index (χ0) is 18.5. The molecule has 0 atom stereocenters. The summed E-state index contributed by atoms with van der Waals surface area (Å²) in [6, 6.07) is 6.28. The highest BCUT2D eigenvalue weighted by Crippen LogP contribution is 2.20. The predicted molar refractivity (Wildman–Crippen MR) is 105 cm³/mol. The van der Waals surface area contributed by atoms with Crippen LogP contribution in [0.4, 0.5) is 0 Å². The molecule has 0 fully saturated rings. The molecule has 0 aromatic heterocycles. The van der Waals surface area contributed by atoms with E-state index in [9.17, 15) is 0 Å². The maximum atomic E-state index is 5.72. The Balaban J connectivity index is 2.37. The van der Waals surface area contributed by atoms with E-state index in [0.717, 1.165) is 49.9 Å². The standard InChI is InChI=1S/C19H34N4O2/c1-6-25-18-14-16(2)8-9-17(18)15-22-19(20-3)21-10-7-11-23(4)12-13-24-5/h8-9,14H,6-7,10-13,15H2,1-5H3,(H2,20,21,22). The van der Waals surface area contributed by atoms with Crippen molar-refractivity contribution in [2.24, 2.45) is 4.99 Å². The SMILES string of the molecule is CCOc1cc(C)ccc1CNC(=NC)NCCCN(C)CCOC. The molecule has 0 aliphatic rings. The summed E-state index contributed by atoms with van der Waals surface area (Å²) in [5, 5.41) is 6.71. The van der Waals surface area contributed by atoms with Crippen molar-refractivity contribution >= 4 is 5.96 Å². The number of hydrogen-bond donors (Lipinski definition) is 2. The summed E-state index contributed by atoms with van der Waals surface area (Å²) in [4.78, 5) is 6.55. The Morgan fingerprint density at radius 1 is 1.24 bits per heavy atom. The fraction of sp³-hybridized carbons (Fsp3) is 0.632. The van der Waals surface area contributed by atoms with E-state index in [2.05, 4.69) is 52.7 Å². The predicted octanol–water partition coefficient (Wildman–Crippen LogP) is 2.03. The number of aliphatic imine (C=N–C) groups is 1. The number of nitrogens with one attached hydrogen (secondary N) is 2. The number of aryl methyl sites for hydroxylation is 1. The monoisotopic (exact) mass is 350 g/mol. The third kappa shape index (κ3) is 8.74. The third-order valence-corrected chi connectivity index (χ3v) is 3.88. The minimum Gasteiger partial charge on any atom is -0.494 e. The molecule has 0 aliphatic heterocycles. The minimum atomic E-state index is 0.667. The summed E-state index contributed by atoms with van der Waals surface area (Å²) >= 11 is 0. The van der Waals surface area contributed by atoms with Gasteiger partial charge in [-0.3, -0.25) is 4.99 Å². The van der Waals surface area contributed by atoms with E-state index < -0.39 is 0 Å². The molecule has 2 N–H and O–H groups in total. The first-order chi connectivity index (χ1) is 12.1. The Kier molecular flexibility index (Phi) is 10.7. The molecular weight excluding hydrogens is 316 g/mol. The lowest BCUT2D eigenvalue weighted by molar-refractivity contribution is 0.161. The quantitative estimate of drug-likeness (QED) is 0.363. The van der Waals surface area contributed by atoms with E-state index in [1.807, 2.05) is 6.92 Å². The number of rotatable bonds is 11. The van der Waals surface area contributed by atoms with Gasteiger partial charge in [-0.05, 0) is 45.5 Å². The molecular formula is C19H34N4O2. The molecule has 0 aliphatic carbocycles. The summed E-state index contributed by atoms with van der Waals surface area (Å²) in [6.07, 6.45) is 1.05. The van der Waals surface area contributed by atoms with Gasteiger partial charge in [0.2, 0.25) is 0 Å². The van der Waals surface area contributed by atoms with Crippen molar-refractivity contribution in [1.82, 2.24) is 15.5 Å². The zero-order valence-electron chi connectivity index (χ0n) is 16.4. The van der Waals surface area contributed by atoms with Crippen molar-refractivity contribution in [3.63, 3.8) is 0 Å². The Morgan fingerprint density at radius 2 is 2.04 bits per heavy atom. The third-order valence-electron chi connectivity index (χ3n) is 3.88. The van der Waals surface area contributed by atoms with E-state index in [-0.39, 0.29) is 0 Å². The zero-order valence-corrected chi connectivity index (χ0v) is 16.4. The molecule has 1 aromatic carbocycles. The van der Waals surface area contributed by atoms with E-state index >= 15 is 0 Å². The van der Waals surface area contributed by atoms with E-state index in [0.29, 0.717) is 13.2 Å². The molecule has 0 saturated heterocycles. The molecule has 1 aromatic rings. The molecule has 0 spiro atoms. The van der Waals surface area contributed by atoms with E-state index in [1.165, 1.54) is 5.56 Å². The van der Waals surface area contributed by atoms with Crippen LogP contribution in [-0.4, -0.2) is 64.9 Å². The van der Waals surface area contributed by atoms with Crippen LogP contribution < -0.4 is 15.4 Å². The van der Waals surface area contributed by atoms with Gasteiger partial charge in [0.15, 0.2) is 5.96 Å². The van der Waals surface area contributed by atoms with Crippen LogP contribution in [0.5, 0.6) is 5.75 Å². The smallest absolute Gasteiger partial charge is 0.191 e. The van der Waals surface area contributed by atoms with Crippen LogP contribution in [-0.2, 0) is 11.3 Å². The second kappa shape index (κ2) is 12.6. The summed E-state index contributed by atoms with van der Waals surface area (Å²) in [7, 11) is 5.63. The second-order valence-corrected chi connectivity index (χ2v) is 6.05. The summed E-state index contributed by atoms with van der Waals surface area (Å²) in [5.74, 6) is 1.74. The maximum Gasteiger partial charge on any atom is 0.191 e. The molecule has 0 unspecified atom stereocenters. The Morgan fingerprint density at radius 3 is 2.72 bits per heavy atom.